The molecule has 4 aliphatic rings. The summed E-state index contributed by atoms with van der Waals surface area (Å²) in [6.45, 7) is 9.24. The Morgan fingerprint density at radius 1 is 0.596 bits per heavy atom. The Bertz CT molecular complexity index is 4460. The number of fused-ring (bicyclic) bond motifs is 2. The van der Waals surface area contributed by atoms with Crippen molar-refractivity contribution in [2.75, 3.05) is 118 Å². The highest BCUT2D eigenvalue weighted by Crippen LogP contribution is 2.56. The van der Waals surface area contributed by atoms with E-state index in [4.69, 9.17) is 29.8 Å². The number of aromatic amines is 2. The topological polar surface area (TPSA) is 354 Å². The second-order valence-electron chi connectivity index (χ2n) is 25.6. The van der Waals surface area contributed by atoms with Crippen molar-refractivity contribution in [2.45, 2.75) is 90.1 Å². The number of aromatic nitrogens is 12. The number of piperidine rings is 2. The number of aryl methyl sites for hydroxylation is 2. The third kappa shape index (κ3) is 17.9. The minimum atomic E-state index is -3.56. The molecule has 0 radical (unpaired) electrons. The molecule has 10 heterocycles. The highest BCUT2D eigenvalue weighted by molar-refractivity contribution is 7.83. The van der Waals surface area contributed by atoms with Gasteiger partial charge >= 0.3 is 25.9 Å². The zero-order valence-corrected chi connectivity index (χ0v) is 59.7. The number of ether oxygens (including phenoxy) is 2. The summed E-state index contributed by atoms with van der Waals surface area (Å²) in [5, 5.41) is 8.97. The Labute approximate surface area is 576 Å². The summed E-state index contributed by atoms with van der Waals surface area (Å²) in [6.07, 6.45) is 11.1. The van der Waals surface area contributed by atoms with Crippen molar-refractivity contribution in [3.8, 4) is 0 Å². The minimum absolute atomic E-state index is 0.0476. The molecule has 4 aliphatic heterocycles. The Hall–Kier alpha value is -7.81. The molecule has 35 heteroatoms. The molecule has 5 N–H and O–H groups in total. The van der Waals surface area contributed by atoms with E-state index in [0.29, 0.717) is 102 Å². The maximum Gasteiger partial charge on any atom is 0.362 e. The van der Waals surface area contributed by atoms with Gasteiger partial charge in [0.15, 0.2) is 34.0 Å². The summed E-state index contributed by atoms with van der Waals surface area (Å²) in [5.74, 6) is 0.770. The van der Waals surface area contributed by atoms with E-state index >= 15 is 0 Å². The van der Waals surface area contributed by atoms with E-state index in [1.165, 1.54) is 17.3 Å². The van der Waals surface area contributed by atoms with Gasteiger partial charge in [-0.25, -0.2) is 53.5 Å². The Morgan fingerprint density at radius 3 is 1.53 bits per heavy atom. The standard InChI is InChI=1S/C32H43N10O6P.C20H25ClN7O4P.C12H19N3O2/c1-6-22-12-24(41-13-21(2)30(43)37-32(41)45)15-40(14-22)49(46,38(3)4)47-18-25-16-39(5)17-26(48-25)42-20-35-27-28(33-19-34-29(27)42)36-31(44)23-10-8-7-9-11-23;1-26(2)33(21,30)31-11-15-9-27(3)10-16(32-15)28-13-24-17-18(22-12-23-19(17)28)25-20(29)14-7-5-4-6-8-14;1-3-9-4-10(6-13-5-9)15-7-8(2)11(16)14-12(15)17/h7-11,13,19-20,22,24-26H,6,12,14-18H2,1-5H3,(H,37,43,45)(H,33,34,36,44);4-8,12-13,15-16H,9-11H2,1-3H3,(H,22,23,25,29);7,9-10,13H,3-6H2,1-2H3,(H,14,16,17)/t22-,24?,25-,26?,49?;15-,16?,33?;9-,10?/m000/s1. The van der Waals surface area contributed by atoms with E-state index in [1.54, 1.807) is 139 Å². The zero-order chi connectivity index (χ0) is 70.9. The van der Waals surface area contributed by atoms with Crippen molar-refractivity contribution >= 4 is 71.6 Å². The number of rotatable bonds is 19. The first-order valence-corrected chi connectivity index (χ1v) is 36.7. The van der Waals surface area contributed by atoms with Gasteiger partial charge in [-0.15, -0.1) is 0 Å². The molecule has 0 bridgehead atoms. The predicted molar refractivity (Wildman–Crippen MR) is 374 cm³/mol. The summed E-state index contributed by atoms with van der Waals surface area (Å²) < 4.78 is 63.0. The van der Waals surface area contributed by atoms with Gasteiger partial charge in [-0.2, -0.15) is 0 Å². The third-order valence-electron chi connectivity index (χ3n) is 17.9. The number of likely N-dealkylation sites (N-methyl/N-ethyl adjacent to an activating group) is 2. The van der Waals surface area contributed by atoms with Crippen LogP contribution in [0, 0.1) is 25.7 Å². The van der Waals surface area contributed by atoms with E-state index in [2.05, 4.69) is 79.5 Å². The summed E-state index contributed by atoms with van der Waals surface area (Å²) in [7, 11) is 7.00. The van der Waals surface area contributed by atoms with Crippen LogP contribution in [0.25, 0.3) is 22.3 Å². The SMILES string of the molecule is CC[C@@H]1CNCC(n2cc(C)c(=O)[nH]c2=O)C1.CC[C@H]1CC(n2cc(C)c(=O)[nH]c2=O)CN(P(=O)(OC[C@@H]2CN(C)CC(n3cnc4c(NC(=O)c5ccccc5)ncnc43)O2)N(C)C)C1.CN1CC(n2cnc3c(NC(=O)c4ccccc4)ncnc32)O[C@H](COP(=O)(Cl)N(C)C)C1. The molecule has 0 saturated carbocycles. The first-order valence-electron chi connectivity index (χ1n) is 32.7. The molecule has 0 aliphatic carbocycles. The molecule has 12 rings (SSSR count). The second kappa shape index (κ2) is 32.7. The largest absolute Gasteiger partial charge is 0.362 e. The number of morpholine rings is 2. The molecule has 532 valence electrons. The number of amides is 2. The molecule has 6 aromatic heterocycles. The van der Waals surface area contributed by atoms with Crippen LogP contribution in [0.3, 0.4) is 0 Å². The van der Waals surface area contributed by atoms with Crippen molar-refractivity contribution in [3.63, 3.8) is 0 Å². The lowest BCUT2D eigenvalue weighted by Crippen LogP contribution is -2.47. The second-order valence-corrected chi connectivity index (χ2v) is 31.5. The van der Waals surface area contributed by atoms with Crippen LogP contribution in [-0.2, 0) is 27.7 Å². The van der Waals surface area contributed by atoms with Gasteiger partial charge in [0, 0.05) is 80.5 Å². The number of hydrogen-bond donors (Lipinski definition) is 5. The lowest BCUT2D eigenvalue weighted by atomic mass is 9.93. The molecule has 32 nitrogen and oxygen atoms in total. The fourth-order valence-electron chi connectivity index (χ4n) is 12.3. The summed E-state index contributed by atoms with van der Waals surface area (Å²) in [6, 6.07) is 17.6. The van der Waals surface area contributed by atoms with Gasteiger partial charge in [0.2, 0.25) is 0 Å². The van der Waals surface area contributed by atoms with Crippen molar-refractivity contribution in [1.29, 1.82) is 0 Å². The quantitative estimate of drug-likeness (QED) is 0.0582. The fraction of sp³-hybridized carbons (Fsp3) is 0.500. The van der Waals surface area contributed by atoms with Gasteiger partial charge in [0.1, 0.15) is 25.1 Å². The van der Waals surface area contributed by atoms with Crippen LogP contribution >= 0.6 is 25.8 Å². The third-order valence-corrected chi connectivity index (χ3v) is 23.0. The maximum absolute atomic E-state index is 14.7. The molecular formula is C64H87ClN20O12P2. The summed E-state index contributed by atoms with van der Waals surface area (Å²) in [5.41, 5.74) is 2.44. The van der Waals surface area contributed by atoms with Gasteiger partial charge < -0.3 is 34.5 Å². The molecule has 4 saturated heterocycles. The Balaban J connectivity index is 0.000000181. The smallest absolute Gasteiger partial charge is 0.350 e. The van der Waals surface area contributed by atoms with Crippen LogP contribution in [0.2, 0.25) is 0 Å². The van der Waals surface area contributed by atoms with Crippen molar-refractivity contribution in [1.82, 2.24) is 87.3 Å². The number of anilines is 2. The number of imidazole rings is 2. The van der Waals surface area contributed by atoms with Gasteiger partial charge in [-0.05, 0) is 123 Å². The normalized spacial score (nSPS) is 23.0. The molecule has 0 spiro atoms. The number of nitrogens with zero attached hydrogens (tertiary/aromatic N) is 15. The summed E-state index contributed by atoms with van der Waals surface area (Å²) in [4.78, 5) is 108. The van der Waals surface area contributed by atoms with E-state index in [0.717, 1.165) is 32.4 Å². The number of carbonyl (C=O) groups is 2. The molecular weight excluding hydrogens is 1340 g/mol. The molecule has 2 amide bonds. The van der Waals surface area contributed by atoms with Crippen molar-refractivity contribution in [3.05, 3.63) is 162 Å². The van der Waals surface area contributed by atoms with Crippen LogP contribution in [-0.4, -0.2) is 214 Å². The van der Waals surface area contributed by atoms with Gasteiger partial charge in [-0.1, -0.05) is 63.1 Å². The Morgan fingerprint density at radius 2 is 1.06 bits per heavy atom. The molecule has 2 aromatic carbocycles. The van der Waals surface area contributed by atoms with Crippen LogP contribution in [0.4, 0.5) is 11.6 Å². The van der Waals surface area contributed by atoms with Crippen molar-refractivity contribution < 1.29 is 37.2 Å². The lowest BCUT2D eigenvalue weighted by molar-refractivity contribution is -0.125. The highest BCUT2D eigenvalue weighted by atomic mass is 35.7. The molecule has 4 fully saturated rings. The fourth-order valence-corrected chi connectivity index (χ4v) is 15.2. The van der Waals surface area contributed by atoms with E-state index in [9.17, 15) is 37.9 Å². The predicted octanol–water partition coefficient (Wildman–Crippen LogP) is 5.96. The lowest BCUT2D eigenvalue weighted by Gasteiger charge is -2.43. The highest BCUT2D eigenvalue weighted by Gasteiger charge is 2.43. The number of benzene rings is 2. The molecule has 6 unspecified atom stereocenters. The average Bonchev–Trinajstić information content (AvgIpc) is 1.13. The molecule has 8 aromatic rings. The van der Waals surface area contributed by atoms with E-state index < -0.39 is 44.4 Å². The van der Waals surface area contributed by atoms with E-state index in [-0.39, 0.29) is 66.2 Å². The zero-order valence-electron chi connectivity index (χ0n) is 57.1. The maximum atomic E-state index is 14.7. The van der Waals surface area contributed by atoms with Gasteiger partial charge in [-0.3, -0.25) is 66.3 Å². The molecule has 10 atom stereocenters. The first-order chi connectivity index (χ1) is 47.3. The number of carbonyl (C=O) groups excluding carboxylic acids is 2. The monoisotopic (exact) mass is 1420 g/mol. The molecule has 99 heavy (non-hydrogen) atoms. The van der Waals surface area contributed by atoms with Gasteiger partial charge in [0.05, 0.1) is 50.2 Å². The summed E-state index contributed by atoms with van der Waals surface area (Å²) >= 11 is 5.97. The van der Waals surface area contributed by atoms with Crippen molar-refractivity contribution in [2.24, 2.45) is 11.8 Å². The first kappa shape index (κ1) is 73.9. The van der Waals surface area contributed by atoms with E-state index in [1.807, 2.05) is 30.9 Å². The average molecular weight is 1430 g/mol. The number of halogens is 1. The van der Waals surface area contributed by atoms with Crippen LogP contribution in [0.15, 0.2) is 118 Å². The number of nitrogens with one attached hydrogen (secondary N) is 5. The number of hydrogen-bond acceptors (Lipinski definition) is 21. The van der Waals surface area contributed by atoms with Crippen LogP contribution in [0.1, 0.15) is 95.9 Å². The number of H-pyrrole nitrogens is 2. The Kier molecular flexibility index (Phi) is 24.4. The van der Waals surface area contributed by atoms with Crippen LogP contribution in [0.5, 0.6) is 0 Å². The van der Waals surface area contributed by atoms with Crippen LogP contribution < -0.4 is 38.4 Å². The minimum Gasteiger partial charge on any atom is -0.350 e. The van der Waals surface area contributed by atoms with Gasteiger partial charge in [0.25, 0.3) is 22.9 Å².